The number of ether oxygens (including phenoxy) is 2. The largest absolute Gasteiger partial charge is 0.466 e. The molecule has 0 radical (unpaired) electrons. The van der Waals surface area contributed by atoms with Crippen molar-refractivity contribution in [3.63, 3.8) is 0 Å². The van der Waals surface area contributed by atoms with Crippen LogP contribution in [0.3, 0.4) is 0 Å². The highest BCUT2D eigenvalue weighted by Gasteiger charge is 2.09. The Morgan fingerprint density at radius 1 is 1.00 bits per heavy atom. The predicted octanol–water partition coefficient (Wildman–Crippen LogP) is 0.503. The van der Waals surface area contributed by atoms with Crippen molar-refractivity contribution in [2.24, 2.45) is 0 Å². The fraction of sp³-hybridized carbons (Fsp3) is 0.714. The van der Waals surface area contributed by atoms with Gasteiger partial charge in [0.2, 0.25) is 0 Å². The minimum Gasteiger partial charge on any atom is -0.466 e. The third-order valence-electron chi connectivity index (χ3n) is 0.899. The summed E-state index contributed by atoms with van der Waals surface area (Å²) in [6.45, 7) is 3.95. The SMILES string of the molecule is CCOC(=O)[13CH2][13C](=O)OCC. The van der Waals surface area contributed by atoms with Crippen LogP contribution in [-0.2, 0) is 19.1 Å². The van der Waals surface area contributed by atoms with Crippen molar-refractivity contribution in [1.29, 1.82) is 0 Å². The van der Waals surface area contributed by atoms with Crippen LogP contribution in [0.2, 0.25) is 0 Å². The topological polar surface area (TPSA) is 52.6 Å². The van der Waals surface area contributed by atoms with Crippen molar-refractivity contribution >= 4 is 11.9 Å². The minimum absolute atomic E-state index is 0.290. The summed E-state index contributed by atoms with van der Waals surface area (Å²) >= 11 is 0. The molecule has 0 unspecified atom stereocenters. The molecule has 0 atom stereocenters. The van der Waals surface area contributed by atoms with E-state index in [1.165, 1.54) is 0 Å². The Bertz CT molecular complexity index is 125. The van der Waals surface area contributed by atoms with Gasteiger partial charge in [0, 0.05) is 0 Å². The highest BCUT2D eigenvalue weighted by Crippen LogP contribution is 1.89. The number of esters is 2. The highest BCUT2D eigenvalue weighted by atomic mass is 16.6. The van der Waals surface area contributed by atoms with Gasteiger partial charge in [0.15, 0.2) is 0 Å². The molecule has 0 saturated carbocycles. The maximum Gasteiger partial charge on any atom is 0.317 e. The van der Waals surface area contributed by atoms with Gasteiger partial charge < -0.3 is 9.47 Å². The van der Waals surface area contributed by atoms with Crippen LogP contribution < -0.4 is 0 Å². The molecule has 64 valence electrons. The average molecular weight is 162 g/mol. The summed E-state index contributed by atoms with van der Waals surface area (Å²) in [7, 11) is 0. The molecule has 0 aliphatic heterocycles. The van der Waals surface area contributed by atoms with Crippen LogP contribution >= 0.6 is 0 Å². The normalized spacial score (nSPS) is 8.91. The van der Waals surface area contributed by atoms with E-state index in [-0.39, 0.29) is 19.6 Å². The van der Waals surface area contributed by atoms with Crippen molar-refractivity contribution in [3.05, 3.63) is 0 Å². The molecule has 0 bridgehead atoms. The predicted molar refractivity (Wildman–Crippen MR) is 37.9 cm³/mol. The minimum atomic E-state index is -0.536. The quantitative estimate of drug-likeness (QED) is 0.343. The lowest BCUT2D eigenvalue weighted by atomic mass is 10.8. The molecule has 0 aromatic carbocycles. The fourth-order valence-corrected chi connectivity index (χ4v) is 0.542. The molecule has 4 nitrogen and oxygen atoms in total. The van der Waals surface area contributed by atoms with Crippen molar-refractivity contribution in [1.82, 2.24) is 0 Å². The second-order valence-corrected chi connectivity index (χ2v) is 1.79. The summed E-state index contributed by atoms with van der Waals surface area (Å²) in [6.07, 6.45) is -0.290. The van der Waals surface area contributed by atoms with E-state index in [9.17, 15) is 9.59 Å². The summed E-state index contributed by atoms with van der Waals surface area (Å²) in [5, 5.41) is 0. The lowest BCUT2D eigenvalue weighted by Crippen LogP contribution is -2.13. The van der Waals surface area contributed by atoms with Crippen LogP contribution in [0.4, 0.5) is 0 Å². The van der Waals surface area contributed by atoms with Crippen LogP contribution in [0.1, 0.15) is 20.3 Å². The molecule has 0 fully saturated rings. The first-order valence-electron chi connectivity index (χ1n) is 3.52. The molecule has 11 heavy (non-hydrogen) atoms. The lowest BCUT2D eigenvalue weighted by Gasteiger charge is -2.00. The second kappa shape index (κ2) is 5.70. The van der Waals surface area contributed by atoms with Gasteiger partial charge in [-0.2, -0.15) is 0 Å². The van der Waals surface area contributed by atoms with E-state index in [0.717, 1.165) is 0 Å². The van der Waals surface area contributed by atoms with E-state index in [2.05, 4.69) is 9.47 Å². The first-order chi connectivity index (χ1) is 5.20. The van der Waals surface area contributed by atoms with Crippen LogP contribution in [0.15, 0.2) is 0 Å². The molecule has 0 aliphatic carbocycles. The van der Waals surface area contributed by atoms with Crippen molar-refractivity contribution in [2.45, 2.75) is 20.3 Å². The van der Waals surface area contributed by atoms with E-state index in [1.54, 1.807) is 13.8 Å². The molecule has 0 rings (SSSR count). The zero-order valence-corrected chi connectivity index (χ0v) is 6.75. The molecule has 0 heterocycles. The summed E-state index contributed by atoms with van der Waals surface area (Å²) < 4.78 is 9.04. The highest BCUT2D eigenvalue weighted by molar-refractivity contribution is 5.91. The maximum atomic E-state index is 10.6. The van der Waals surface area contributed by atoms with Crippen molar-refractivity contribution in [3.8, 4) is 0 Å². The van der Waals surface area contributed by atoms with Crippen LogP contribution in [-0.4, -0.2) is 25.2 Å². The Morgan fingerprint density at radius 3 is 1.64 bits per heavy atom. The monoisotopic (exact) mass is 162 g/mol. The van der Waals surface area contributed by atoms with E-state index in [1.807, 2.05) is 0 Å². The third-order valence-corrected chi connectivity index (χ3v) is 0.899. The molecule has 0 aromatic heterocycles. The van der Waals surface area contributed by atoms with E-state index in [0.29, 0.717) is 0 Å². The van der Waals surface area contributed by atoms with Crippen molar-refractivity contribution in [2.75, 3.05) is 13.2 Å². The van der Waals surface area contributed by atoms with Gasteiger partial charge in [-0.05, 0) is 13.8 Å². The fourth-order valence-electron chi connectivity index (χ4n) is 0.542. The number of hydrogen-bond acceptors (Lipinski definition) is 4. The van der Waals surface area contributed by atoms with Gasteiger partial charge in [-0.3, -0.25) is 9.59 Å². The van der Waals surface area contributed by atoms with Gasteiger partial charge in [0.1, 0.15) is 6.42 Å². The average Bonchev–Trinajstić information content (AvgIpc) is 1.87. The summed E-state index contributed by atoms with van der Waals surface area (Å²) in [5.74, 6) is -1.07. The summed E-state index contributed by atoms with van der Waals surface area (Å²) in [5.41, 5.74) is 0. The van der Waals surface area contributed by atoms with Crippen molar-refractivity contribution < 1.29 is 19.1 Å². The first kappa shape index (κ1) is 9.94. The molecule has 0 aromatic rings. The number of hydrogen-bond donors (Lipinski definition) is 0. The van der Waals surface area contributed by atoms with Gasteiger partial charge in [-0.15, -0.1) is 0 Å². The van der Waals surface area contributed by atoms with E-state index < -0.39 is 11.9 Å². The van der Waals surface area contributed by atoms with Crippen LogP contribution in [0, 0.1) is 0 Å². The molecular formula is C7H12O4. The van der Waals surface area contributed by atoms with Gasteiger partial charge in [-0.1, -0.05) is 0 Å². The molecule has 0 aliphatic rings. The summed E-state index contributed by atoms with van der Waals surface area (Å²) in [4.78, 5) is 21.2. The maximum absolute atomic E-state index is 10.6. The van der Waals surface area contributed by atoms with Gasteiger partial charge >= 0.3 is 11.9 Å². The third kappa shape index (κ3) is 5.39. The Hall–Kier alpha value is -1.06. The zero-order chi connectivity index (χ0) is 8.69. The Morgan fingerprint density at radius 2 is 1.36 bits per heavy atom. The van der Waals surface area contributed by atoms with E-state index in [4.69, 9.17) is 0 Å². The van der Waals surface area contributed by atoms with Gasteiger partial charge in [-0.25, -0.2) is 0 Å². The van der Waals surface area contributed by atoms with E-state index >= 15 is 0 Å². The Kier molecular flexibility index (Phi) is 5.15. The molecule has 0 spiro atoms. The summed E-state index contributed by atoms with van der Waals surface area (Å²) in [6, 6.07) is 0. The second-order valence-electron chi connectivity index (χ2n) is 1.79. The molecular weight excluding hydrogens is 150 g/mol. The number of carbonyl (C=O) groups excluding carboxylic acids is 2. The number of rotatable bonds is 4. The Labute approximate surface area is 65.5 Å². The molecule has 0 amide bonds. The first-order valence-corrected chi connectivity index (χ1v) is 3.52. The number of carbonyl (C=O) groups is 2. The molecule has 4 heteroatoms. The Balaban J connectivity index is 3.49. The molecule has 0 saturated heterocycles. The zero-order valence-electron chi connectivity index (χ0n) is 6.75. The smallest absolute Gasteiger partial charge is 0.317 e. The van der Waals surface area contributed by atoms with Crippen LogP contribution in [0.25, 0.3) is 0 Å². The van der Waals surface area contributed by atoms with Gasteiger partial charge in [0.25, 0.3) is 0 Å². The lowest BCUT2D eigenvalue weighted by molar-refractivity contribution is -0.153. The van der Waals surface area contributed by atoms with Crippen LogP contribution in [0.5, 0.6) is 0 Å². The standard InChI is InChI=1S/C7H12O4/c1-3-10-6(8)5-7(9)11-4-2/h3-5H2,1-2H3/i5+1,6+1. The molecule has 0 N–H and O–H groups in total. The van der Waals surface area contributed by atoms with Gasteiger partial charge in [0.05, 0.1) is 13.2 Å².